The van der Waals surface area contributed by atoms with Crippen molar-refractivity contribution in [3.8, 4) is 5.75 Å². The Balaban J connectivity index is 1.74. The first-order valence-electron chi connectivity index (χ1n) is 9.21. The summed E-state index contributed by atoms with van der Waals surface area (Å²) in [5, 5.41) is 11.7. The fourth-order valence-corrected chi connectivity index (χ4v) is 3.07. The highest BCUT2D eigenvalue weighted by atomic mass is 35.5. The van der Waals surface area contributed by atoms with Crippen molar-refractivity contribution in [2.24, 2.45) is 0 Å². The highest BCUT2D eigenvalue weighted by Gasteiger charge is 2.17. The molecule has 1 heterocycles. The summed E-state index contributed by atoms with van der Waals surface area (Å²) in [6, 6.07) is 10.4. The Bertz CT molecular complexity index is 1150. The summed E-state index contributed by atoms with van der Waals surface area (Å²) in [5.74, 6) is 0.213. The zero-order valence-electron chi connectivity index (χ0n) is 16.1. The van der Waals surface area contributed by atoms with E-state index < -0.39 is 4.92 Å². The van der Waals surface area contributed by atoms with Crippen LogP contribution in [0.2, 0.25) is 5.02 Å². The number of hydrogen-bond acceptors (Lipinski definition) is 6. The molecule has 2 aromatic carbocycles. The maximum absolute atomic E-state index is 12.7. The van der Waals surface area contributed by atoms with Gasteiger partial charge in [-0.15, -0.1) is 0 Å². The van der Waals surface area contributed by atoms with E-state index in [0.717, 1.165) is 0 Å². The Labute approximate surface area is 176 Å². The first-order valence-corrected chi connectivity index (χ1v) is 9.58. The fraction of sp³-hybridized carbons (Fsp3) is 0.250. The number of nitrogens with zero attached hydrogens (tertiary/aromatic N) is 3. The topological polar surface area (TPSA) is 118 Å². The van der Waals surface area contributed by atoms with Crippen LogP contribution in [-0.4, -0.2) is 38.8 Å². The van der Waals surface area contributed by atoms with Crippen molar-refractivity contribution < 1.29 is 14.5 Å². The average Bonchev–Trinajstić information content (AvgIpc) is 2.71. The third-order valence-corrected chi connectivity index (χ3v) is 4.53. The third kappa shape index (κ3) is 5.12. The number of nitrogens with one attached hydrogen (secondary N) is 1. The van der Waals surface area contributed by atoms with E-state index >= 15 is 0 Å². The van der Waals surface area contributed by atoms with E-state index in [-0.39, 0.29) is 36.1 Å². The van der Waals surface area contributed by atoms with Crippen molar-refractivity contribution in [2.45, 2.75) is 19.9 Å². The molecule has 0 fully saturated rings. The number of aromatic nitrogens is 2. The number of carbonyl (C=O) groups is 1. The molecule has 3 aromatic rings. The van der Waals surface area contributed by atoms with Crippen LogP contribution in [0.4, 0.5) is 5.69 Å². The third-order valence-electron chi connectivity index (χ3n) is 4.30. The minimum Gasteiger partial charge on any atom is -0.484 e. The average molecular weight is 431 g/mol. The van der Waals surface area contributed by atoms with Crippen molar-refractivity contribution in [3.63, 3.8) is 0 Å². The summed E-state index contributed by atoms with van der Waals surface area (Å²) in [6.07, 6.45) is 0.687. The molecule has 3 rings (SSSR count). The molecule has 1 aromatic heterocycles. The molecule has 0 aliphatic carbocycles. The van der Waals surface area contributed by atoms with Crippen molar-refractivity contribution in [1.82, 2.24) is 14.9 Å². The molecule has 9 nitrogen and oxygen atoms in total. The van der Waals surface area contributed by atoms with Crippen molar-refractivity contribution >= 4 is 34.1 Å². The van der Waals surface area contributed by atoms with E-state index in [0.29, 0.717) is 34.7 Å². The Morgan fingerprint density at radius 2 is 2.10 bits per heavy atom. The second-order valence-corrected chi connectivity index (χ2v) is 6.97. The summed E-state index contributed by atoms with van der Waals surface area (Å²) in [5.41, 5.74) is 0.00312. The van der Waals surface area contributed by atoms with Gasteiger partial charge in [-0.1, -0.05) is 24.6 Å². The van der Waals surface area contributed by atoms with Gasteiger partial charge < -0.3 is 14.6 Å². The second-order valence-electron chi connectivity index (χ2n) is 6.53. The molecule has 1 N–H and O–H groups in total. The van der Waals surface area contributed by atoms with Crippen LogP contribution in [-0.2, 0) is 11.3 Å². The molecular weight excluding hydrogens is 412 g/mol. The van der Waals surface area contributed by atoms with E-state index in [1.807, 2.05) is 6.92 Å². The Kier molecular flexibility index (Phi) is 6.63. The number of halogens is 1. The number of non-ortho nitro benzene ring substituents is 1. The van der Waals surface area contributed by atoms with Gasteiger partial charge in [-0.25, -0.2) is 4.98 Å². The summed E-state index contributed by atoms with van der Waals surface area (Å²) in [7, 11) is 0. The monoisotopic (exact) mass is 430 g/mol. The molecule has 0 spiro atoms. The van der Waals surface area contributed by atoms with Crippen LogP contribution in [0, 0.1) is 10.1 Å². The van der Waals surface area contributed by atoms with E-state index in [4.69, 9.17) is 16.3 Å². The molecule has 156 valence electrons. The van der Waals surface area contributed by atoms with Gasteiger partial charge in [0, 0.05) is 17.6 Å². The number of carbonyl (C=O) groups excluding carboxylic acids is 1. The molecule has 0 saturated heterocycles. The number of hydrogen-bond donors (Lipinski definition) is 1. The molecule has 0 unspecified atom stereocenters. The maximum atomic E-state index is 12.7. The smallest absolute Gasteiger partial charge is 0.273 e. The van der Waals surface area contributed by atoms with Gasteiger partial charge in [0.25, 0.3) is 17.2 Å². The van der Waals surface area contributed by atoms with Crippen LogP contribution in [0.3, 0.4) is 0 Å². The zero-order chi connectivity index (χ0) is 21.7. The number of rotatable bonds is 8. The normalized spacial score (nSPS) is 10.7. The van der Waals surface area contributed by atoms with E-state index in [2.05, 4.69) is 9.97 Å². The quantitative estimate of drug-likeness (QED) is 0.432. The Morgan fingerprint density at radius 1 is 1.30 bits per heavy atom. The Morgan fingerprint density at radius 3 is 2.83 bits per heavy atom. The summed E-state index contributed by atoms with van der Waals surface area (Å²) in [6.45, 7) is 2.12. The number of benzene rings is 2. The molecule has 30 heavy (non-hydrogen) atoms. The summed E-state index contributed by atoms with van der Waals surface area (Å²) < 4.78 is 5.43. The lowest BCUT2D eigenvalue weighted by Gasteiger charge is -2.21. The predicted molar refractivity (Wildman–Crippen MR) is 112 cm³/mol. The van der Waals surface area contributed by atoms with Gasteiger partial charge in [-0.2, -0.15) is 0 Å². The van der Waals surface area contributed by atoms with Crippen LogP contribution < -0.4 is 10.3 Å². The van der Waals surface area contributed by atoms with Crippen molar-refractivity contribution in [2.75, 3.05) is 13.2 Å². The number of H-pyrrole nitrogens is 1. The molecule has 0 bridgehead atoms. The van der Waals surface area contributed by atoms with Gasteiger partial charge in [0.2, 0.25) is 0 Å². The number of fused-ring (bicyclic) bond motifs is 1. The Hall–Kier alpha value is -3.46. The van der Waals surface area contributed by atoms with Crippen LogP contribution >= 0.6 is 11.6 Å². The molecule has 10 heteroatoms. The SMILES string of the molecule is CCCN(Cc1nc2cc(Cl)ccc2c(=O)[nH]1)C(=O)COc1cccc([N+](=O)[O-])c1. The fourth-order valence-electron chi connectivity index (χ4n) is 2.90. The van der Waals surface area contributed by atoms with Crippen LogP contribution in [0.1, 0.15) is 19.2 Å². The van der Waals surface area contributed by atoms with Gasteiger partial charge in [0.15, 0.2) is 6.61 Å². The van der Waals surface area contributed by atoms with Gasteiger partial charge >= 0.3 is 0 Å². The van der Waals surface area contributed by atoms with Gasteiger partial charge in [0.05, 0.1) is 28.4 Å². The van der Waals surface area contributed by atoms with Crippen molar-refractivity contribution in [1.29, 1.82) is 0 Å². The maximum Gasteiger partial charge on any atom is 0.273 e. The molecule has 1 amide bonds. The van der Waals surface area contributed by atoms with E-state index in [1.165, 1.54) is 29.2 Å². The lowest BCUT2D eigenvalue weighted by atomic mass is 10.2. The number of nitro benzene ring substituents is 1. The number of aromatic amines is 1. The van der Waals surface area contributed by atoms with Gasteiger partial charge in [-0.3, -0.25) is 19.7 Å². The lowest BCUT2D eigenvalue weighted by Crippen LogP contribution is -2.36. The number of amides is 1. The molecule has 0 aliphatic rings. The van der Waals surface area contributed by atoms with Crippen molar-refractivity contribution in [3.05, 3.63) is 73.8 Å². The molecule has 0 saturated carbocycles. The van der Waals surface area contributed by atoms with Gasteiger partial charge in [-0.05, 0) is 30.7 Å². The minimum absolute atomic E-state index is 0.0860. The van der Waals surface area contributed by atoms with E-state index in [1.54, 1.807) is 18.2 Å². The zero-order valence-corrected chi connectivity index (χ0v) is 16.9. The molecular formula is C20H19ClN4O5. The van der Waals surface area contributed by atoms with Crippen LogP contribution in [0.25, 0.3) is 10.9 Å². The first-order chi connectivity index (χ1) is 14.4. The largest absolute Gasteiger partial charge is 0.484 e. The number of nitro groups is 1. The molecule has 0 aliphatic heterocycles. The lowest BCUT2D eigenvalue weighted by molar-refractivity contribution is -0.384. The number of ether oxygens (including phenoxy) is 1. The summed E-state index contributed by atoms with van der Waals surface area (Å²) in [4.78, 5) is 43.9. The first kappa shape index (κ1) is 21.3. The van der Waals surface area contributed by atoms with Crippen LogP contribution in [0.15, 0.2) is 47.3 Å². The highest BCUT2D eigenvalue weighted by molar-refractivity contribution is 6.31. The predicted octanol–water partition coefficient (Wildman–Crippen LogP) is 3.30. The summed E-state index contributed by atoms with van der Waals surface area (Å²) >= 11 is 5.98. The standard InChI is InChI=1S/C20H19ClN4O5/c1-2-8-24(19(26)12-30-15-5-3-4-14(10-15)25(28)29)11-18-22-17-9-13(21)6-7-16(17)20(27)23-18/h3-7,9-10H,2,8,11-12H2,1H3,(H,22,23,27). The highest BCUT2D eigenvalue weighted by Crippen LogP contribution is 2.19. The van der Waals surface area contributed by atoms with Crippen LogP contribution in [0.5, 0.6) is 5.75 Å². The van der Waals surface area contributed by atoms with Gasteiger partial charge in [0.1, 0.15) is 11.6 Å². The second kappa shape index (κ2) is 9.36. The van der Waals surface area contributed by atoms with E-state index in [9.17, 15) is 19.7 Å². The minimum atomic E-state index is -0.536. The molecule has 0 atom stereocenters. The molecule has 0 radical (unpaired) electrons.